The Hall–Kier alpha value is -1.68. The summed E-state index contributed by atoms with van der Waals surface area (Å²) >= 11 is 0. The molecule has 4 heteroatoms. The van der Waals surface area contributed by atoms with Gasteiger partial charge in [-0.25, -0.2) is 0 Å². The van der Waals surface area contributed by atoms with Gasteiger partial charge in [0.2, 0.25) is 11.7 Å². The van der Waals surface area contributed by atoms with Gasteiger partial charge in [0, 0.05) is 5.56 Å². The highest BCUT2D eigenvalue weighted by atomic mass is 16.5. The molecule has 100 valence electrons. The van der Waals surface area contributed by atoms with E-state index in [1.165, 1.54) is 0 Å². The molecule has 0 radical (unpaired) electrons. The van der Waals surface area contributed by atoms with Crippen LogP contribution in [-0.4, -0.2) is 10.1 Å². The molecule has 3 rings (SSSR count). The van der Waals surface area contributed by atoms with E-state index in [1.54, 1.807) is 0 Å². The quantitative estimate of drug-likeness (QED) is 0.897. The molecule has 0 atom stereocenters. The first kappa shape index (κ1) is 12.4. The third kappa shape index (κ3) is 2.40. The number of nitrogens with two attached hydrogens (primary N) is 1. The van der Waals surface area contributed by atoms with Gasteiger partial charge < -0.3 is 10.3 Å². The van der Waals surface area contributed by atoms with Crippen LogP contribution >= 0.6 is 0 Å². The molecule has 0 unspecified atom stereocenters. The van der Waals surface area contributed by atoms with E-state index in [2.05, 4.69) is 17.1 Å². The molecule has 0 spiro atoms. The maximum Gasteiger partial charge on any atom is 0.247 e. The first-order valence-electron chi connectivity index (χ1n) is 6.86. The molecule has 0 amide bonds. The van der Waals surface area contributed by atoms with Crippen LogP contribution in [0.3, 0.4) is 0 Å². The summed E-state index contributed by atoms with van der Waals surface area (Å²) in [6, 6.07) is 9.84. The van der Waals surface area contributed by atoms with Crippen LogP contribution in [-0.2, 0) is 5.54 Å². The monoisotopic (exact) mass is 257 g/mol. The van der Waals surface area contributed by atoms with Gasteiger partial charge in [-0.2, -0.15) is 4.98 Å². The number of benzene rings is 1. The van der Waals surface area contributed by atoms with E-state index in [0.717, 1.165) is 37.2 Å². The van der Waals surface area contributed by atoms with Gasteiger partial charge in [0.05, 0.1) is 5.54 Å². The number of aromatic nitrogens is 2. The molecule has 19 heavy (non-hydrogen) atoms. The fraction of sp³-hybridized carbons (Fsp3) is 0.467. The van der Waals surface area contributed by atoms with E-state index >= 15 is 0 Å². The summed E-state index contributed by atoms with van der Waals surface area (Å²) < 4.78 is 5.41. The van der Waals surface area contributed by atoms with Gasteiger partial charge in [-0.05, 0) is 31.6 Å². The van der Waals surface area contributed by atoms with Crippen molar-refractivity contribution in [3.05, 3.63) is 36.2 Å². The van der Waals surface area contributed by atoms with Gasteiger partial charge in [0.25, 0.3) is 0 Å². The Bertz CT molecular complexity index is 542. The highest BCUT2D eigenvalue weighted by Gasteiger charge is 2.37. The number of hydrogen-bond acceptors (Lipinski definition) is 4. The second-order valence-electron chi connectivity index (χ2n) is 5.63. The van der Waals surface area contributed by atoms with Crippen molar-refractivity contribution in [1.82, 2.24) is 10.1 Å². The Morgan fingerprint density at radius 2 is 1.89 bits per heavy atom. The summed E-state index contributed by atoms with van der Waals surface area (Å²) in [5, 5.41) is 4.06. The lowest BCUT2D eigenvalue weighted by atomic mass is 9.78. The van der Waals surface area contributed by atoms with Crippen LogP contribution < -0.4 is 5.73 Å². The molecule has 4 nitrogen and oxygen atoms in total. The molecule has 1 aliphatic rings. The first-order chi connectivity index (χ1) is 9.17. The van der Waals surface area contributed by atoms with Crippen LogP contribution in [0.1, 0.15) is 38.5 Å². The zero-order valence-electron chi connectivity index (χ0n) is 11.2. The van der Waals surface area contributed by atoms with Gasteiger partial charge in [0.15, 0.2) is 0 Å². The third-order valence-corrected chi connectivity index (χ3v) is 4.05. The van der Waals surface area contributed by atoms with Gasteiger partial charge in [-0.1, -0.05) is 42.4 Å². The zero-order chi connectivity index (χ0) is 13.3. The van der Waals surface area contributed by atoms with Crippen LogP contribution in [0.2, 0.25) is 0 Å². The van der Waals surface area contributed by atoms with Crippen molar-refractivity contribution in [2.24, 2.45) is 11.7 Å². The summed E-state index contributed by atoms with van der Waals surface area (Å²) in [7, 11) is 0. The lowest BCUT2D eigenvalue weighted by Gasteiger charge is -2.32. The van der Waals surface area contributed by atoms with E-state index in [0.29, 0.717) is 11.7 Å². The summed E-state index contributed by atoms with van der Waals surface area (Å²) in [4.78, 5) is 4.50. The lowest BCUT2D eigenvalue weighted by molar-refractivity contribution is 0.190. The second kappa shape index (κ2) is 4.78. The van der Waals surface area contributed by atoms with Crippen molar-refractivity contribution >= 4 is 0 Å². The summed E-state index contributed by atoms with van der Waals surface area (Å²) in [6.07, 6.45) is 4.09. The number of hydrogen-bond donors (Lipinski definition) is 1. The van der Waals surface area contributed by atoms with Crippen molar-refractivity contribution in [3.8, 4) is 11.4 Å². The van der Waals surface area contributed by atoms with Crippen molar-refractivity contribution in [2.75, 3.05) is 0 Å². The molecule has 1 heterocycles. The largest absolute Gasteiger partial charge is 0.337 e. The van der Waals surface area contributed by atoms with Crippen LogP contribution in [0.25, 0.3) is 11.4 Å². The minimum atomic E-state index is -0.438. The predicted octanol–water partition coefficient (Wildman–Crippen LogP) is 3.10. The topological polar surface area (TPSA) is 64.9 Å². The maximum atomic E-state index is 6.44. The molecule has 1 aliphatic carbocycles. The van der Waals surface area contributed by atoms with Gasteiger partial charge in [0.1, 0.15) is 0 Å². The van der Waals surface area contributed by atoms with E-state index in [-0.39, 0.29) is 0 Å². The van der Waals surface area contributed by atoms with Gasteiger partial charge in [-0.15, -0.1) is 0 Å². The molecular formula is C15H19N3O. The van der Waals surface area contributed by atoms with Crippen molar-refractivity contribution in [3.63, 3.8) is 0 Å². The normalized spacial score (nSPS) is 27.4. The van der Waals surface area contributed by atoms with Gasteiger partial charge in [-0.3, -0.25) is 0 Å². The van der Waals surface area contributed by atoms with Crippen molar-refractivity contribution in [1.29, 1.82) is 0 Å². The summed E-state index contributed by atoms with van der Waals surface area (Å²) in [6.45, 7) is 2.27. The predicted molar refractivity (Wildman–Crippen MR) is 73.2 cm³/mol. The minimum Gasteiger partial charge on any atom is -0.337 e. The lowest BCUT2D eigenvalue weighted by Crippen LogP contribution is -2.40. The van der Waals surface area contributed by atoms with Crippen LogP contribution in [0.5, 0.6) is 0 Å². The van der Waals surface area contributed by atoms with Crippen LogP contribution in [0.15, 0.2) is 34.9 Å². The maximum absolute atomic E-state index is 6.44. The first-order valence-corrected chi connectivity index (χ1v) is 6.86. The highest BCUT2D eigenvalue weighted by Crippen LogP contribution is 2.37. The Morgan fingerprint density at radius 3 is 2.58 bits per heavy atom. The number of nitrogens with zero attached hydrogens (tertiary/aromatic N) is 2. The Balaban J connectivity index is 1.85. The molecule has 0 bridgehead atoms. The Kier molecular flexibility index (Phi) is 3.11. The molecule has 1 fully saturated rings. The molecular weight excluding hydrogens is 238 g/mol. The van der Waals surface area contributed by atoms with E-state index in [4.69, 9.17) is 10.3 Å². The summed E-state index contributed by atoms with van der Waals surface area (Å²) in [5.41, 5.74) is 6.96. The second-order valence-corrected chi connectivity index (χ2v) is 5.63. The van der Waals surface area contributed by atoms with E-state index < -0.39 is 5.54 Å². The smallest absolute Gasteiger partial charge is 0.247 e. The van der Waals surface area contributed by atoms with E-state index in [1.807, 2.05) is 30.3 Å². The average Bonchev–Trinajstić information content (AvgIpc) is 2.94. The minimum absolute atomic E-state index is 0.438. The average molecular weight is 257 g/mol. The Morgan fingerprint density at radius 1 is 1.21 bits per heavy atom. The molecule has 0 saturated heterocycles. The zero-order valence-corrected chi connectivity index (χ0v) is 11.2. The number of rotatable bonds is 2. The molecule has 1 aromatic carbocycles. The standard InChI is InChI=1S/C15H19N3O/c1-11-7-9-15(16,10-8-11)14-17-13(18-19-14)12-5-3-2-4-6-12/h2-6,11H,7-10,16H2,1H3. The van der Waals surface area contributed by atoms with Gasteiger partial charge >= 0.3 is 0 Å². The fourth-order valence-corrected chi connectivity index (χ4v) is 2.62. The van der Waals surface area contributed by atoms with Crippen molar-refractivity contribution < 1.29 is 4.52 Å². The molecule has 1 aromatic heterocycles. The SMILES string of the molecule is CC1CCC(N)(c2nc(-c3ccccc3)no2)CC1. The summed E-state index contributed by atoms with van der Waals surface area (Å²) in [5.74, 6) is 1.95. The molecule has 2 aromatic rings. The van der Waals surface area contributed by atoms with E-state index in [9.17, 15) is 0 Å². The Labute approximate surface area is 113 Å². The van der Waals surface area contributed by atoms with Crippen molar-refractivity contribution in [2.45, 2.75) is 38.1 Å². The molecule has 2 N–H and O–H groups in total. The molecule has 1 saturated carbocycles. The highest BCUT2D eigenvalue weighted by molar-refractivity contribution is 5.53. The van der Waals surface area contributed by atoms with Crippen LogP contribution in [0, 0.1) is 5.92 Å². The van der Waals surface area contributed by atoms with Crippen LogP contribution in [0.4, 0.5) is 0 Å². The molecule has 0 aliphatic heterocycles. The third-order valence-electron chi connectivity index (χ3n) is 4.05. The fourth-order valence-electron chi connectivity index (χ4n) is 2.62.